The number of phenolic OH excluding ortho intramolecular Hbond substituents is 3. The van der Waals surface area contributed by atoms with E-state index in [1.54, 1.807) is 11.8 Å². The summed E-state index contributed by atoms with van der Waals surface area (Å²) in [5.41, 5.74) is 6.30. The Bertz CT molecular complexity index is 1920. The Labute approximate surface area is 395 Å². The first kappa shape index (κ1) is 56.9. The van der Waals surface area contributed by atoms with Crippen LogP contribution in [0.2, 0.25) is 0 Å². The van der Waals surface area contributed by atoms with Gasteiger partial charge in [0.05, 0.1) is 11.8 Å². The first-order valence-electron chi connectivity index (χ1n) is 23.1. The predicted octanol–water partition coefficient (Wildman–Crippen LogP) is 13.0. The summed E-state index contributed by atoms with van der Waals surface area (Å²) in [5, 5.41) is 61.6. The molecule has 2 unspecified atom stereocenters. The lowest BCUT2D eigenvalue weighted by atomic mass is 9.77. The van der Waals surface area contributed by atoms with Crippen LogP contribution in [0.3, 0.4) is 0 Å². The largest absolute Gasteiger partial charge is 0.507 e. The van der Waals surface area contributed by atoms with Crippen LogP contribution in [0.4, 0.5) is 0 Å². The molecule has 0 aromatic heterocycles. The fourth-order valence-corrected chi connectivity index (χ4v) is 9.00. The molecule has 0 fully saturated rings. The van der Waals surface area contributed by atoms with E-state index in [1.807, 2.05) is 119 Å². The average Bonchev–Trinajstić information content (AvgIpc) is 3.11. The molecule has 0 amide bonds. The number of hydrogen-bond acceptors (Lipinski definition) is 7. The molecule has 2 atom stereocenters. The van der Waals surface area contributed by atoms with Gasteiger partial charge in [0, 0.05) is 6.42 Å². The monoisotopic (exact) mass is 921 g/mol. The average molecular weight is 921 g/mol. The van der Waals surface area contributed by atoms with Crippen molar-refractivity contribution in [2.45, 2.75) is 196 Å². The number of hydrogen-bond donors (Lipinski definition) is 6. The second-order valence-electron chi connectivity index (χ2n) is 24.2. The van der Waals surface area contributed by atoms with E-state index in [4.69, 9.17) is 5.11 Å². The van der Waals surface area contributed by atoms with Gasteiger partial charge in [-0.25, -0.2) is 0 Å². The van der Waals surface area contributed by atoms with Crippen LogP contribution >= 0.6 is 11.8 Å². The van der Waals surface area contributed by atoms with Gasteiger partial charge in [0.2, 0.25) is 0 Å². The predicted molar refractivity (Wildman–Crippen MR) is 269 cm³/mol. The Morgan fingerprint density at radius 2 is 0.662 bits per heavy atom. The highest BCUT2D eigenvalue weighted by molar-refractivity contribution is 7.99. The van der Waals surface area contributed by atoms with Crippen LogP contribution in [0.15, 0.2) is 36.4 Å². The number of aryl methyl sites for hydroxylation is 1. The minimum atomic E-state index is -0.849. The van der Waals surface area contributed by atoms with Gasteiger partial charge in [0.1, 0.15) is 17.2 Å². The number of benzene rings is 3. The van der Waals surface area contributed by atoms with Gasteiger partial charge in [0.25, 0.3) is 0 Å². The zero-order valence-electron chi connectivity index (χ0n) is 43.1. The molecule has 0 aliphatic carbocycles. The van der Waals surface area contributed by atoms with Gasteiger partial charge in [0.15, 0.2) is 0 Å². The highest BCUT2D eigenvalue weighted by Crippen LogP contribution is 2.43. The summed E-state index contributed by atoms with van der Waals surface area (Å²) in [6.07, 6.45) is 2.27. The fourth-order valence-electron chi connectivity index (χ4n) is 7.89. The summed E-state index contributed by atoms with van der Waals surface area (Å²) < 4.78 is 0. The zero-order chi connectivity index (χ0) is 50.4. The summed E-state index contributed by atoms with van der Waals surface area (Å²) >= 11 is 1.59. The lowest BCUT2D eigenvalue weighted by Gasteiger charge is -2.28. The van der Waals surface area contributed by atoms with Crippen LogP contribution in [0, 0.1) is 11.8 Å². The van der Waals surface area contributed by atoms with Crippen molar-refractivity contribution in [3.8, 4) is 17.2 Å². The van der Waals surface area contributed by atoms with Gasteiger partial charge in [-0.3, -0.25) is 14.4 Å². The molecule has 3 rings (SSSR count). The van der Waals surface area contributed by atoms with Crippen molar-refractivity contribution >= 4 is 29.7 Å². The molecule has 9 nitrogen and oxygen atoms in total. The molecule has 6 N–H and O–H groups in total. The maximum absolute atomic E-state index is 12.3. The molecule has 0 saturated carbocycles. The molecule has 0 aliphatic rings. The standard InChI is InChI=1S/C38H58O6S.C17H26O3/c1-35(2,3)27-19-23(20-28(31(27)39)36(4,5)6)17-25(33(41)42)13-15-45-16-14-26(34(43)44)18-24-21-29(37(7,8)9)32(40)30(22-24)38(10,11)12;1-16(2,3)12-9-11(7-8-14(18)19)10-13(15(12)20)17(4,5)6/h19-22,25-26,39-40H,13-18H2,1-12H3,(H,41,42)(H,43,44);9-10,20H,7-8H2,1-6H3,(H,18,19). The van der Waals surface area contributed by atoms with Crippen molar-refractivity contribution in [3.05, 3.63) is 86.5 Å². The second-order valence-corrected chi connectivity index (χ2v) is 25.4. The molecule has 0 spiro atoms. The van der Waals surface area contributed by atoms with Crippen molar-refractivity contribution in [1.82, 2.24) is 0 Å². The topological polar surface area (TPSA) is 173 Å². The van der Waals surface area contributed by atoms with E-state index < -0.39 is 29.7 Å². The number of rotatable bonds is 15. The third-order valence-corrected chi connectivity index (χ3v) is 12.9. The first-order chi connectivity index (χ1) is 29.3. The Morgan fingerprint density at radius 3 is 0.862 bits per heavy atom. The molecule has 10 heteroatoms. The number of phenols is 3. The van der Waals surface area contributed by atoms with E-state index in [2.05, 4.69) is 41.5 Å². The molecule has 0 aliphatic heterocycles. The van der Waals surface area contributed by atoms with Crippen LogP contribution in [0.1, 0.15) is 194 Å². The lowest BCUT2D eigenvalue weighted by molar-refractivity contribution is -0.142. The van der Waals surface area contributed by atoms with E-state index in [1.165, 1.54) is 0 Å². The SMILES string of the molecule is CC(C)(C)c1cc(CC(CCSCCC(Cc2cc(C(C)(C)C)c(O)c(C(C)(C)C)c2)C(=O)O)C(=O)O)cc(C(C)(C)C)c1O.CC(C)(C)c1cc(CCC(=O)O)cc(C(C)(C)C)c1O. The second kappa shape index (κ2) is 21.6. The summed E-state index contributed by atoms with van der Waals surface area (Å²) in [5.74, 6) is -1.53. The van der Waals surface area contributed by atoms with Crippen molar-refractivity contribution in [2.75, 3.05) is 11.5 Å². The summed E-state index contributed by atoms with van der Waals surface area (Å²) in [4.78, 5) is 35.3. The minimum Gasteiger partial charge on any atom is -0.507 e. The van der Waals surface area contributed by atoms with Crippen LogP contribution in [0.25, 0.3) is 0 Å². The zero-order valence-corrected chi connectivity index (χ0v) is 43.9. The third kappa shape index (κ3) is 16.9. The summed E-state index contributed by atoms with van der Waals surface area (Å²) in [6, 6.07) is 11.7. The number of aromatic hydroxyl groups is 3. The van der Waals surface area contributed by atoms with E-state index in [0.29, 0.717) is 49.4 Å². The minimum absolute atomic E-state index is 0.109. The third-order valence-electron chi connectivity index (χ3n) is 11.9. The Morgan fingerprint density at radius 1 is 0.431 bits per heavy atom. The Balaban J connectivity index is 0.000000604. The van der Waals surface area contributed by atoms with Gasteiger partial charge in [-0.2, -0.15) is 11.8 Å². The highest BCUT2D eigenvalue weighted by Gasteiger charge is 2.31. The molecule has 0 heterocycles. The van der Waals surface area contributed by atoms with Gasteiger partial charge in [-0.05, 0) is 126 Å². The molecule has 0 bridgehead atoms. The highest BCUT2D eigenvalue weighted by atomic mass is 32.2. The number of carboxylic acids is 3. The summed E-state index contributed by atoms with van der Waals surface area (Å²) in [7, 11) is 0. The smallest absolute Gasteiger partial charge is 0.306 e. The normalized spacial score (nSPS) is 13.8. The van der Waals surface area contributed by atoms with Gasteiger partial charge < -0.3 is 30.6 Å². The Kier molecular flexibility index (Phi) is 18.9. The first-order valence-corrected chi connectivity index (χ1v) is 24.3. The van der Waals surface area contributed by atoms with Crippen molar-refractivity contribution in [2.24, 2.45) is 11.8 Å². The number of carboxylic acid groups (broad SMARTS) is 3. The Hall–Kier alpha value is -4.18. The van der Waals surface area contributed by atoms with E-state index in [0.717, 1.165) is 50.1 Å². The van der Waals surface area contributed by atoms with E-state index in [-0.39, 0.29) is 50.4 Å². The fraction of sp³-hybridized carbons (Fsp3) is 0.618. The van der Waals surface area contributed by atoms with E-state index >= 15 is 0 Å². The van der Waals surface area contributed by atoms with Crippen LogP contribution in [-0.2, 0) is 66.1 Å². The molecule has 3 aromatic carbocycles. The molecule has 364 valence electrons. The van der Waals surface area contributed by atoms with Crippen molar-refractivity contribution in [3.63, 3.8) is 0 Å². The van der Waals surface area contributed by atoms with Crippen LogP contribution in [-0.4, -0.2) is 60.1 Å². The maximum atomic E-state index is 12.3. The van der Waals surface area contributed by atoms with Gasteiger partial charge in [-0.15, -0.1) is 0 Å². The molecule has 0 saturated heterocycles. The molecule has 65 heavy (non-hydrogen) atoms. The maximum Gasteiger partial charge on any atom is 0.306 e. The van der Waals surface area contributed by atoms with Crippen LogP contribution < -0.4 is 0 Å². The van der Waals surface area contributed by atoms with Gasteiger partial charge in [-0.1, -0.05) is 161 Å². The number of carbonyl (C=O) groups is 3. The molecule has 3 aromatic rings. The van der Waals surface area contributed by atoms with Crippen molar-refractivity contribution in [1.29, 1.82) is 0 Å². The molecule has 0 radical (unpaired) electrons. The van der Waals surface area contributed by atoms with Crippen molar-refractivity contribution < 1.29 is 45.0 Å². The summed E-state index contributed by atoms with van der Waals surface area (Å²) in [6.45, 7) is 36.8. The number of thioether (sulfide) groups is 1. The lowest BCUT2D eigenvalue weighted by Crippen LogP contribution is -2.21. The van der Waals surface area contributed by atoms with E-state index in [9.17, 15) is 39.9 Å². The van der Waals surface area contributed by atoms with Gasteiger partial charge >= 0.3 is 17.9 Å². The molecular weight excluding hydrogens is 837 g/mol. The van der Waals surface area contributed by atoms with Crippen LogP contribution in [0.5, 0.6) is 17.2 Å². The number of aliphatic carboxylic acids is 3. The molecular formula is C55H84O9S. The quantitative estimate of drug-likeness (QED) is 0.0806.